The summed E-state index contributed by atoms with van der Waals surface area (Å²) in [6.07, 6.45) is 3.13. The second-order valence-electron chi connectivity index (χ2n) is 7.46. The van der Waals surface area contributed by atoms with Crippen molar-refractivity contribution in [3.63, 3.8) is 0 Å². The molecule has 4 aromatic rings. The van der Waals surface area contributed by atoms with Crippen LogP contribution in [-0.2, 0) is 4.79 Å². The van der Waals surface area contributed by atoms with Gasteiger partial charge in [-0.25, -0.2) is 14.5 Å². The SMILES string of the molecule is CC[C@@H](C(=O)Nc1ccc(C(=O)O)cc1)n1cnc(-c2cc(Cl)ccc2-n2cc(Cl)nn2)cc1=O. The molecule has 0 aliphatic rings. The highest BCUT2D eigenvalue weighted by atomic mass is 35.5. The summed E-state index contributed by atoms with van der Waals surface area (Å²) in [6, 6.07) is 11.2. The number of carbonyl (C=O) groups is 2. The van der Waals surface area contributed by atoms with E-state index in [1.165, 1.54) is 52.1 Å². The fourth-order valence-electron chi connectivity index (χ4n) is 3.50. The Labute approximate surface area is 208 Å². The third-order valence-corrected chi connectivity index (χ3v) is 5.62. The first-order chi connectivity index (χ1) is 16.8. The number of rotatable bonds is 7. The van der Waals surface area contributed by atoms with E-state index in [2.05, 4.69) is 20.6 Å². The number of amides is 1. The molecule has 0 saturated carbocycles. The molecule has 35 heavy (non-hydrogen) atoms. The molecule has 0 saturated heterocycles. The number of halogens is 2. The van der Waals surface area contributed by atoms with Crippen LogP contribution in [0.15, 0.2) is 65.8 Å². The van der Waals surface area contributed by atoms with Crippen LogP contribution in [0.1, 0.15) is 29.7 Å². The molecule has 1 atom stereocenters. The van der Waals surface area contributed by atoms with Crippen LogP contribution >= 0.6 is 23.2 Å². The van der Waals surface area contributed by atoms with Gasteiger partial charge in [0.1, 0.15) is 6.04 Å². The van der Waals surface area contributed by atoms with Crippen LogP contribution in [0.25, 0.3) is 16.9 Å². The quantitative estimate of drug-likeness (QED) is 0.381. The number of nitrogens with one attached hydrogen (secondary N) is 1. The molecule has 10 nitrogen and oxygen atoms in total. The minimum absolute atomic E-state index is 0.0968. The number of aromatic nitrogens is 5. The number of benzene rings is 2. The average molecular weight is 513 g/mol. The molecule has 0 radical (unpaired) electrons. The summed E-state index contributed by atoms with van der Waals surface area (Å²) in [5.41, 5.74) is 1.48. The predicted molar refractivity (Wildman–Crippen MR) is 130 cm³/mol. The van der Waals surface area contributed by atoms with Crippen LogP contribution in [0.4, 0.5) is 5.69 Å². The molecule has 0 spiro atoms. The number of aromatic carboxylic acids is 1. The maximum absolute atomic E-state index is 13.0. The summed E-state index contributed by atoms with van der Waals surface area (Å²) in [5.74, 6) is -1.50. The second-order valence-corrected chi connectivity index (χ2v) is 8.29. The van der Waals surface area contributed by atoms with Gasteiger partial charge in [0.05, 0.1) is 29.5 Å². The zero-order valence-electron chi connectivity index (χ0n) is 18.2. The van der Waals surface area contributed by atoms with Crippen molar-refractivity contribution in [3.8, 4) is 16.9 Å². The molecule has 0 bridgehead atoms. The van der Waals surface area contributed by atoms with E-state index >= 15 is 0 Å². The highest BCUT2D eigenvalue weighted by Gasteiger charge is 2.21. The second kappa shape index (κ2) is 10.1. The third-order valence-electron chi connectivity index (χ3n) is 5.21. The molecule has 0 aliphatic carbocycles. The van der Waals surface area contributed by atoms with Crippen LogP contribution in [0.3, 0.4) is 0 Å². The van der Waals surface area contributed by atoms with Gasteiger partial charge in [-0.05, 0) is 48.9 Å². The predicted octanol–water partition coefficient (Wildman–Crippen LogP) is 4.09. The van der Waals surface area contributed by atoms with Crippen molar-refractivity contribution in [1.82, 2.24) is 24.5 Å². The molecule has 0 unspecified atom stereocenters. The Morgan fingerprint density at radius 2 is 1.86 bits per heavy atom. The molecule has 2 aromatic carbocycles. The van der Waals surface area contributed by atoms with Gasteiger partial charge >= 0.3 is 5.97 Å². The first kappa shape index (κ1) is 24.1. The summed E-state index contributed by atoms with van der Waals surface area (Å²) in [5, 5.41) is 20.1. The Hall–Kier alpha value is -4.02. The lowest BCUT2D eigenvalue weighted by Gasteiger charge is -2.18. The Balaban J connectivity index is 1.63. The van der Waals surface area contributed by atoms with Crippen LogP contribution < -0.4 is 10.9 Å². The standard InChI is InChI=1S/C23H18Cl2N6O4/c1-2-18(22(33)27-15-6-3-13(4-7-15)23(34)35)30-12-26-17(10-21(30)32)16-9-14(24)5-8-19(16)31-11-20(25)28-29-31/h3-12,18H,2H2,1H3,(H,27,33)(H,34,35)/t18-/m0/s1. The Kier molecular flexibility index (Phi) is 6.94. The summed E-state index contributed by atoms with van der Waals surface area (Å²) in [6.45, 7) is 1.77. The summed E-state index contributed by atoms with van der Waals surface area (Å²) >= 11 is 12.1. The maximum Gasteiger partial charge on any atom is 0.335 e. The molecular weight excluding hydrogens is 495 g/mol. The molecule has 178 valence electrons. The summed E-state index contributed by atoms with van der Waals surface area (Å²) in [7, 11) is 0. The zero-order chi connectivity index (χ0) is 25.1. The molecule has 0 fully saturated rings. The van der Waals surface area contributed by atoms with Crippen LogP contribution in [0.5, 0.6) is 0 Å². The Morgan fingerprint density at radius 3 is 2.46 bits per heavy atom. The van der Waals surface area contributed by atoms with Crippen molar-refractivity contribution in [2.75, 3.05) is 5.32 Å². The van der Waals surface area contributed by atoms with Crippen molar-refractivity contribution < 1.29 is 14.7 Å². The number of hydrogen-bond acceptors (Lipinski definition) is 6. The van der Waals surface area contributed by atoms with Crippen molar-refractivity contribution in [3.05, 3.63) is 87.1 Å². The molecule has 1 amide bonds. The van der Waals surface area contributed by atoms with E-state index in [9.17, 15) is 14.4 Å². The number of nitrogens with zero attached hydrogens (tertiary/aromatic N) is 5. The molecular formula is C23H18Cl2N6O4. The van der Waals surface area contributed by atoms with E-state index in [0.29, 0.717) is 34.1 Å². The van der Waals surface area contributed by atoms with E-state index < -0.39 is 23.5 Å². The highest BCUT2D eigenvalue weighted by Crippen LogP contribution is 2.28. The number of anilines is 1. The van der Waals surface area contributed by atoms with Crippen LogP contribution in [0.2, 0.25) is 10.2 Å². The van der Waals surface area contributed by atoms with Crippen molar-refractivity contribution >= 4 is 40.8 Å². The molecule has 2 aromatic heterocycles. The smallest absolute Gasteiger partial charge is 0.335 e. The summed E-state index contributed by atoms with van der Waals surface area (Å²) in [4.78, 5) is 41.3. The lowest BCUT2D eigenvalue weighted by Crippen LogP contribution is -2.33. The van der Waals surface area contributed by atoms with Gasteiger partial charge in [-0.1, -0.05) is 35.3 Å². The third kappa shape index (κ3) is 5.23. The summed E-state index contributed by atoms with van der Waals surface area (Å²) < 4.78 is 2.68. The molecule has 2 N–H and O–H groups in total. The number of carboxylic acid groups (broad SMARTS) is 1. The Bertz CT molecular complexity index is 1470. The average Bonchev–Trinajstić information content (AvgIpc) is 3.26. The van der Waals surface area contributed by atoms with Gasteiger partial charge in [0, 0.05) is 22.3 Å². The number of carbonyl (C=O) groups excluding carboxylic acids is 1. The van der Waals surface area contributed by atoms with Gasteiger partial charge in [0.25, 0.3) is 5.56 Å². The van der Waals surface area contributed by atoms with Gasteiger partial charge in [-0.2, -0.15) is 0 Å². The topological polar surface area (TPSA) is 132 Å². The lowest BCUT2D eigenvalue weighted by atomic mass is 10.1. The van der Waals surface area contributed by atoms with E-state index in [1.807, 2.05) is 0 Å². The van der Waals surface area contributed by atoms with Crippen molar-refractivity contribution in [2.24, 2.45) is 0 Å². The number of hydrogen-bond donors (Lipinski definition) is 2. The molecule has 4 rings (SSSR count). The van der Waals surface area contributed by atoms with Crippen molar-refractivity contribution in [2.45, 2.75) is 19.4 Å². The zero-order valence-corrected chi connectivity index (χ0v) is 19.7. The highest BCUT2D eigenvalue weighted by molar-refractivity contribution is 6.31. The van der Waals surface area contributed by atoms with Gasteiger partial charge in [0.15, 0.2) is 5.15 Å². The first-order valence-corrected chi connectivity index (χ1v) is 11.1. The normalized spacial score (nSPS) is 11.7. The first-order valence-electron chi connectivity index (χ1n) is 10.4. The lowest BCUT2D eigenvalue weighted by molar-refractivity contribution is -0.119. The monoisotopic (exact) mass is 512 g/mol. The van der Waals surface area contributed by atoms with E-state index in [-0.39, 0.29) is 10.7 Å². The Morgan fingerprint density at radius 1 is 1.11 bits per heavy atom. The minimum atomic E-state index is -1.07. The van der Waals surface area contributed by atoms with Gasteiger partial charge < -0.3 is 10.4 Å². The maximum atomic E-state index is 13.0. The molecule has 0 aliphatic heterocycles. The van der Waals surface area contributed by atoms with E-state index in [1.54, 1.807) is 25.1 Å². The van der Waals surface area contributed by atoms with E-state index in [4.69, 9.17) is 28.3 Å². The fourth-order valence-corrected chi connectivity index (χ4v) is 3.79. The molecule has 2 heterocycles. The molecule has 12 heteroatoms. The van der Waals surface area contributed by atoms with Gasteiger partial charge in [-0.3, -0.25) is 14.2 Å². The van der Waals surface area contributed by atoms with Crippen LogP contribution in [0, 0.1) is 0 Å². The minimum Gasteiger partial charge on any atom is -0.478 e. The largest absolute Gasteiger partial charge is 0.478 e. The number of carboxylic acids is 1. The van der Waals surface area contributed by atoms with Gasteiger partial charge in [-0.15, -0.1) is 5.10 Å². The van der Waals surface area contributed by atoms with Crippen LogP contribution in [-0.4, -0.2) is 41.5 Å². The fraction of sp³-hybridized carbons (Fsp3) is 0.130. The van der Waals surface area contributed by atoms with E-state index in [0.717, 1.165) is 0 Å². The van der Waals surface area contributed by atoms with Gasteiger partial charge in [0.2, 0.25) is 5.91 Å². The van der Waals surface area contributed by atoms with Crippen molar-refractivity contribution in [1.29, 1.82) is 0 Å².